The zero-order valence-electron chi connectivity index (χ0n) is 13.4. The van der Waals surface area contributed by atoms with E-state index >= 15 is 0 Å². The van der Waals surface area contributed by atoms with Gasteiger partial charge in [-0.2, -0.15) is 0 Å². The predicted octanol–water partition coefficient (Wildman–Crippen LogP) is 4.78. The number of hydrogen-bond acceptors (Lipinski definition) is 1. The standard InChI is InChI=1S/C19H32O/c1-18-11-4-6-15(18)14-9-8-13-5-3-7-17(20)19(13,2)16(14)10-12-18/h13-17,20H,3-12H2,1-2H3/t13-,14+,15+,16+,17-,18+,19+/m1/s1. The zero-order valence-corrected chi connectivity index (χ0v) is 13.4. The van der Waals surface area contributed by atoms with Gasteiger partial charge in [-0.15, -0.1) is 0 Å². The minimum atomic E-state index is -0.0141. The monoisotopic (exact) mass is 276 g/mol. The number of hydrogen-bond donors (Lipinski definition) is 1. The maximum atomic E-state index is 10.8. The van der Waals surface area contributed by atoms with Gasteiger partial charge in [-0.05, 0) is 85.9 Å². The highest BCUT2D eigenvalue weighted by Crippen LogP contribution is 2.66. The molecule has 4 saturated carbocycles. The first-order valence-electron chi connectivity index (χ1n) is 9.24. The SMILES string of the molecule is C[C@@]12CCC[C@H]1[C@@H]1CC[C@H]3CCC[C@@H](O)[C@]3(C)[C@H]1CC2. The van der Waals surface area contributed by atoms with E-state index in [-0.39, 0.29) is 11.5 Å². The van der Waals surface area contributed by atoms with Crippen LogP contribution < -0.4 is 0 Å². The van der Waals surface area contributed by atoms with Gasteiger partial charge in [0.1, 0.15) is 0 Å². The molecule has 1 N–H and O–H groups in total. The smallest absolute Gasteiger partial charge is 0.0599 e. The van der Waals surface area contributed by atoms with E-state index in [0.29, 0.717) is 5.41 Å². The Morgan fingerprint density at radius 3 is 2.50 bits per heavy atom. The molecule has 0 spiro atoms. The zero-order chi connectivity index (χ0) is 14.0. The van der Waals surface area contributed by atoms with Crippen LogP contribution in [0.25, 0.3) is 0 Å². The normalized spacial score (nSPS) is 58.6. The fraction of sp³-hybridized carbons (Fsp3) is 1.00. The lowest BCUT2D eigenvalue weighted by Crippen LogP contribution is -2.57. The van der Waals surface area contributed by atoms with Crippen molar-refractivity contribution in [2.75, 3.05) is 0 Å². The van der Waals surface area contributed by atoms with Gasteiger partial charge in [-0.25, -0.2) is 0 Å². The molecule has 0 aromatic carbocycles. The summed E-state index contributed by atoms with van der Waals surface area (Å²) in [5, 5.41) is 10.8. The first kappa shape index (κ1) is 13.6. The van der Waals surface area contributed by atoms with Crippen molar-refractivity contribution in [3.63, 3.8) is 0 Å². The van der Waals surface area contributed by atoms with E-state index < -0.39 is 0 Å². The van der Waals surface area contributed by atoms with Crippen LogP contribution in [0.1, 0.15) is 78.1 Å². The van der Waals surface area contributed by atoms with E-state index in [9.17, 15) is 5.11 Å². The van der Waals surface area contributed by atoms with Crippen molar-refractivity contribution in [1.29, 1.82) is 0 Å². The third kappa shape index (κ3) is 1.65. The average molecular weight is 276 g/mol. The van der Waals surface area contributed by atoms with Gasteiger partial charge in [0.2, 0.25) is 0 Å². The first-order valence-corrected chi connectivity index (χ1v) is 9.24. The number of fused-ring (bicyclic) bond motifs is 5. The lowest BCUT2D eigenvalue weighted by molar-refractivity contribution is -0.159. The molecule has 4 aliphatic rings. The lowest BCUT2D eigenvalue weighted by Gasteiger charge is -2.61. The maximum absolute atomic E-state index is 10.8. The van der Waals surface area contributed by atoms with E-state index in [4.69, 9.17) is 0 Å². The third-order valence-corrected chi connectivity index (χ3v) is 8.49. The van der Waals surface area contributed by atoms with Crippen molar-refractivity contribution in [3.8, 4) is 0 Å². The van der Waals surface area contributed by atoms with Crippen LogP contribution in [0.15, 0.2) is 0 Å². The van der Waals surface area contributed by atoms with Gasteiger partial charge in [0, 0.05) is 0 Å². The molecule has 4 fully saturated rings. The van der Waals surface area contributed by atoms with E-state index in [0.717, 1.165) is 30.1 Å². The molecule has 0 aromatic rings. The summed E-state index contributed by atoms with van der Waals surface area (Å²) in [7, 11) is 0. The molecule has 1 nitrogen and oxygen atoms in total. The molecule has 1 heteroatoms. The highest BCUT2D eigenvalue weighted by Gasteiger charge is 2.59. The summed E-state index contributed by atoms with van der Waals surface area (Å²) < 4.78 is 0. The molecule has 0 unspecified atom stereocenters. The molecule has 0 amide bonds. The van der Waals surface area contributed by atoms with E-state index in [1.807, 2.05) is 0 Å². The molecule has 0 saturated heterocycles. The second-order valence-electron chi connectivity index (χ2n) is 9.05. The Hall–Kier alpha value is -0.0400. The molecule has 114 valence electrons. The quantitative estimate of drug-likeness (QED) is 0.675. The Kier molecular flexibility index (Phi) is 3.05. The van der Waals surface area contributed by atoms with Crippen molar-refractivity contribution in [1.82, 2.24) is 0 Å². The molecule has 0 aromatic heterocycles. The van der Waals surface area contributed by atoms with Crippen molar-refractivity contribution in [2.24, 2.45) is 34.5 Å². The molecule has 20 heavy (non-hydrogen) atoms. The van der Waals surface area contributed by atoms with Gasteiger partial charge < -0.3 is 5.11 Å². The van der Waals surface area contributed by atoms with Crippen LogP contribution in [0.4, 0.5) is 0 Å². The highest BCUT2D eigenvalue weighted by molar-refractivity contribution is 5.08. The van der Waals surface area contributed by atoms with Gasteiger partial charge in [0.15, 0.2) is 0 Å². The van der Waals surface area contributed by atoms with Gasteiger partial charge in [-0.1, -0.05) is 26.7 Å². The number of aliphatic hydroxyl groups is 1. The van der Waals surface area contributed by atoms with Crippen LogP contribution in [0.2, 0.25) is 0 Å². The highest BCUT2D eigenvalue weighted by atomic mass is 16.3. The summed E-state index contributed by atoms with van der Waals surface area (Å²) >= 11 is 0. The number of aliphatic hydroxyl groups excluding tert-OH is 1. The largest absolute Gasteiger partial charge is 0.393 e. The summed E-state index contributed by atoms with van der Waals surface area (Å²) in [6.07, 6.45) is 13.8. The van der Waals surface area contributed by atoms with Crippen LogP contribution in [0.3, 0.4) is 0 Å². The van der Waals surface area contributed by atoms with Gasteiger partial charge in [0.05, 0.1) is 6.10 Å². The number of rotatable bonds is 0. The lowest BCUT2D eigenvalue weighted by atomic mass is 9.45. The molecule has 4 rings (SSSR count). The van der Waals surface area contributed by atoms with Crippen LogP contribution in [0, 0.1) is 34.5 Å². The van der Waals surface area contributed by atoms with E-state index in [1.54, 1.807) is 0 Å². The predicted molar refractivity (Wildman–Crippen MR) is 82.4 cm³/mol. The Morgan fingerprint density at radius 1 is 0.800 bits per heavy atom. The molecule has 7 atom stereocenters. The summed E-state index contributed by atoms with van der Waals surface area (Å²) in [4.78, 5) is 0. The van der Waals surface area contributed by atoms with Gasteiger partial charge in [-0.3, -0.25) is 0 Å². The summed E-state index contributed by atoms with van der Waals surface area (Å²) in [5.41, 5.74) is 0.912. The second kappa shape index (κ2) is 4.48. The average Bonchev–Trinajstić information content (AvgIpc) is 2.82. The maximum Gasteiger partial charge on any atom is 0.0599 e. The first-order chi connectivity index (χ1) is 9.56. The van der Waals surface area contributed by atoms with Gasteiger partial charge >= 0.3 is 0 Å². The molecule has 0 heterocycles. The topological polar surface area (TPSA) is 20.2 Å². The van der Waals surface area contributed by atoms with Gasteiger partial charge in [0.25, 0.3) is 0 Å². The molecular weight excluding hydrogens is 244 g/mol. The molecular formula is C19H32O. The Labute approximate surface area is 124 Å². The second-order valence-corrected chi connectivity index (χ2v) is 9.05. The van der Waals surface area contributed by atoms with Crippen molar-refractivity contribution in [2.45, 2.75) is 84.2 Å². The van der Waals surface area contributed by atoms with Crippen LogP contribution in [-0.4, -0.2) is 11.2 Å². The summed E-state index contributed by atoms with van der Waals surface area (Å²) in [6.45, 7) is 5.04. The third-order valence-electron chi connectivity index (χ3n) is 8.49. The van der Waals surface area contributed by atoms with Crippen molar-refractivity contribution in [3.05, 3.63) is 0 Å². The summed E-state index contributed by atoms with van der Waals surface area (Å²) in [6, 6.07) is 0. The fourth-order valence-corrected chi connectivity index (χ4v) is 7.31. The van der Waals surface area contributed by atoms with Crippen molar-refractivity contribution >= 4 is 0 Å². The van der Waals surface area contributed by atoms with E-state index in [1.165, 1.54) is 57.8 Å². The molecule has 0 aliphatic heterocycles. The molecule has 0 radical (unpaired) electrons. The molecule has 0 bridgehead atoms. The molecule has 4 aliphatic carbocycles. The Morgan fingerprint density at radius 2 is 1.65 bits per heavy atom. The van der Waals surface area contributed by atoms with Crippen LogP contribution in [-0.2, 0) is 0 Å². The van der Waals surface area contributed by atoms with Crippen molar-refractivity contribution < 1.29 is 5.11 Å². The van der Waals surface area contributed by atoms with E-state index in [2.05, 4.69) is 13.8 Å². The van der Waals surface area contributed by atoms with Crippen LogP contribution in [0.5, 0.6) is 0 Å². The Balaban J connectivity index is 1.67. The summed E-state index contributed by atoms with van der Waals surface area (Å²) in [5.74, 6) is 3.56. The Bertz CT molecular complexity index is 391. The fourth-order valence-electron chi connectivity index (χ4n) is 7.31. The minimum Gasteiger partial charge on any atom is -0.393 e. The minimum absolute atomic E-state index is 0.0141. The van der Waals surface area contributed by atoms with Crippen LogP contribution >= 0.6 is 0 Å².